The maximum Gasteiger partial charge on any atom is 0.326 e. The minimum absolute atomic E-state index is 0.0994. The monoisotopic (exact) mass is 326 g/mol. The third-order valence-electron chi connectivity index (χ3n) is 2.64. The van der Waals surface area contributed by atoms with Crippen molar-refractivity contribution in [3.63, 3.8) is 0 Å². The predicted octanol–water partition coefficient (Wildman–Crippen LogP) is 4.42. The van der Waals surface area contributed by atoms with Gasteiger partial charge in [-0.05, 0) is 23.6 Å². The smallest absolute Gasteiger partial charge is 0.326 e. The van der Waals surface area contributed by atoms with E-state index in [0.29, 0.717) is 16.0 Å². The number of halogens is 3. The summed E-state index contributed by atoms with van der Waals surface area (Å²) in [5.41, 5.74) is 0. The van der Waals surface area contributed by atoms with Crippen LogP contribution in [0.4, 0.5) is 13.2 Å². The molecule has 0 radical (unpaired) electrons. The summed E-state index contributed by atoms with van der Waals surface area (Å²) in [7, 11) is 0. The number of fused-ring (bicyclic) bond motifs is 1. The lowest BCUT2D eigenvalue weighted by Gasteiger charge is -2.11. The van der Waals surface area contributed by atoms with Gasteiger partial charge in [0.25, 0.3) is 6.36 Å². The second-order valence-corrected chi connectivity index (χ2v) is 5.06. The molecule has 3 aromatic rings. The number of para-hydroxylation sites is 1. The standard InChI is InChI=1S/C14H9F3N2O2S/c15-10(16)11(17)21-12-9-6-7-22-13(9)19-14(18-12)20-8-4-2-1-3-5-8/h1-7,10-11H. The van der Waals surface area contributed by atoms with Gasteiger partial charge in [0.05, 0.1) is 5.39 Å². The molecule has 1 aromatic carbocycles. The number of hydrogen-bond acceptors (Lipinski definition) is 5. The molecule has 1 unspecified atom stereocenters. The van der Waals surface area contributed by atoms with E-state index in [4.69, 9.17) is 4.74 Å². The zero-order valence-corrected chi connectivity index (χ0v) is 11.8. The Kier molecular flexibility index (Phi) is 4.10. The maximum absolute atomic E-state index is 13.1. The summed E-state index contributed by atoms with van der Waals surface area (Å²) in [5.74, 6) is 0.194. The summed E-state index contributed by atoms with van der Waals surface area (Å²) in [5, 5.41) is 2.03. The Hall–Kier alpha value is -2.35. The van der Waals surface area contributed by atoms with Crippen LogP contribution in [-0.4, -0.2) is 22.8 Å². The SMILES string of the molecule is FC(F)C(F)Oc1nc(Oc2ccccc2)nc2sccc12. The number of hydrogen-bond donors (Lipinski definition) is 0. The second kappa shape index (κ2) is 6.18. The maximum atomic E-state index is 13.1. The molecular formula is C14H9F3N2O2S. The van der Waals surface area contributed by atoms with Crippen molar-refractivity contribution in [2.45, 2.75) is 12.8 Å². The lowest BCUT2D eigenvalue weighted by Crippen LogP contribution is -2.20. The minimum atomic E-state index is -3.26. The Morgan fingerprint density at radius 3 is 2.50 bits per heavy atom. The molecule has 0 aliphatic heterocycles. The van der Waals surface area contributed by atoms with Crippen LogP contribution in [0.5, 0.6) is 17.6 Å². The first kappa shape index (κ1) is 14.6. The number of nitrogens with zero attached hydrogens (tertiary/aromatic N) is 2. The molecule has 22 heavy (non-hydrogen) atoms. The van der Waals surface area contributed by atoms with Gasteiger partial charge in [-0.15, -0.1) is 11.3 Å². The van der Waals surface area contributed by atoms with E-state index < -0.39 is 12.8 Å². The topological polar surface area (TPSA) is 44.2 Å². The molecule has 114 valence electrons. The Bertz CT molecular complexity index is 767. The van der Waals surface area contributed by atoms with Crippen LogP contribution in [0.25, 0.3) is 10.2 Å². The van der Waals surface area contributed by atoms with Crippen LogP contribution in [-0.2, 0) is 0 Å². The lowest BCUT2D eigenvalue weighted by atomic mass is 10.3. The van der Waals surface area contributed by atoms with Crippen LogP contribution in [0.1, 0.15) is 0 Å². The Balaban J connectivity index is 1.94. The molecule has 2 aromatic heterocycles. The van der Waals surface area contributed by atoms with Crippen molar-refractivity contribution in [2.75, 3.05) is 0 Å². The van der Waals surface area contributed by atoms with Gasteiger partial charge >= 0.3 is 12.4 Å². The fraction of sp³-hybridized carbons (Fsp3) is 0.143. The second-order valence-electron chi connectivity index (χ2n) is 4.17. The zero-order valence-electron chi connectivity index (χ0n) is 10.9. The first-order valence-corrected chi connectivity index (χ1v) is 7.08. The molecule has 3 rings (SSSR count). The number of ether oxygens (including phenoxy) is 2. The summed E-state index contributed by atoms with van der Waals surface area (Å²) in [6.07, 6.45) is -6.02. The average Bonchev–Trinajstić information content (AvgIpc) is 2.96. The van der Waals surface area contributed by atoms with Crippen molar-refractivity contribution in [1.29, 1.82) is 0 Å². The van der Waals surface area contributed by atoms with Gasteiger partial charge < -0.3 is 9.47 Å². The van der Waals surface area contributed by atoms with Gasteiger partial charge in [0.15, 0.2) is 0 Å². The third-order valence-corrected chi connectivity index (χ3v) is 3.45. The van der Waals surface area contributed by atoms with Gasteiger partial charge in [-0.2, -0.15) is 14.4 Å². The highest BCUT2D eigenvalue weighted by atomic mass is 32.1. The van der Waals surface area contributed by atoms with E-state index in [0.717, 1.165) is 0 Å². The van der Waals surface area contributed by atoms with Gasteiger partial charge in [-0.1, -0.05) is 18.2 Å². The summed E-state index contributed by atoms with van der Waals surface area (Å²) in [6, 6.07) is 10.1. The highest BCUT2D eigenvalue weighted by Crippen LogP contribution is 2.31. The molecule has 2 heterocycles. The summed E-state index contributed by atoms with van der Waals surface area (Å²) >= 11 is 1.24. The quantitative estimate of drug-likeness (QED) is 0.696. The molecule has 0 N–H and O–H groups in total. The van der Waals surface area contributed by atoms with Gasteiger partial charge in [0, 0.05) is 0 Å². The van der Waals surface area contributed by atoms with Crippen LogP contribution in [0, 0.1) is 0 Å². The van der Waals surface area contributed by atoms with E-state index in [-0.39, 0.29) is 11.9 Å². The molecule has 0 amide bonds. The Morgan fingerprint density at radius 2 is 1.77 bits per heavy atom. The third kappa shape index (κ3) is 3.11. The van der Waals surface area contributed by atoms with Gasteiger partial charge in [-0.3, -0.25) is 0 Å². The number of benzene rings is 1. The predicted molar refractivity (Wildman–Crippen MR) is 75.5 cm³/mol. The van der Waals surface area contributed by atoms with E-state index in [1.807, 2.05) is 0 Å². The molecule has 4 nitrogen and oxygen atoms in total. The number of thiophene rings is 1. The summed E-state index contributed by atoms with van der Waals surface area (Å²) in [4.78, 5) is 8.46. The van der Waals surface area contributed by atoms with E-state index in [1.165, 1.54) is 11.3 Å². The number of alkyl halides is 3. The van der Waals surface area contributed by atoms with Crippen LogP contribution < -0.4 is 9.47 Å². The van der Waals surface area contributed by atoms with Crippen LogP contribution in [0.3, 0.4) is 0 Å². The van der Waals surface area contributed by atoms with Crippen molar-refractivity contribution in [3.05, 3.63) is 41.8 Å². The Labute approximate surface area is 127 Å². The Morgan fingerprint density at radius 1 is 1.00 bits per heavy atom. The summed E-state index contributed by atoms with van der Waals surface area (Å²) in [6.45, 7) is 0. The van der Waals surface area contributed by atoms with Gasteiger partial charge in [0.1, 0.15) is 10.6 Å². The molecule has 8 heteroatoms. The first-order chi connectivity index (χ1) is 10.6. The molecule has 1 atom stereocenters. The molecule has 0 saturated heterocycles. The summed E-state index contributed by atoms with van der Waals surface area (Å²) < 4.78 is 47.8. The van der Waals surface area contributed by atoms with Crippen molar-refractivity contribution >= 4 is 21.6 Å². The van der Waals surface area contributed by atoms with Gasteiger partial charge in [-0.25, -0.2) is 8.78 Å². The zero-order chi connectivity index (χ0) is 15.5. The van der Waals surface area contributed by atoms with Crippen molar-refractivity contribution in [3.8, 4) is 17.6 Å². The molecule has 0 saturated carbocycles. The van der Waals surface area contributed by atoms with Crippen LogP contribution >= 0.6 is 11.3 Å². The minimum Gasteiger partial charge on any atom is -0.436 e. The van der Waals surface area contributed by atoms with Crippen molar-refractivity contribution in [1.82, 2.24) is 9.97 Å². The lowest BCUT2D eigenvalue weighted by molar-refractivity contribution is -0.0683. The molecular weight excluding hydrogens is 317 g/mol. The average molecular weight is 326 g/mol. The van der Waals surface area contributed by atoms with Crippen LogP contribution in [0.15, 0.2) is 41.8 Å². The van der Waals surface area contributed by atoms with Crippen LogP contribution in [0.2, 0.25) is 0 Å². The highest BCUT2D eigenvalue weighted by molar-refractivity contribution is 7.16. The van der Waals surface area contributed by atoms with Crippen molar-refractivity contribution < 1.29 is 22.6 Å². The normalized spacial score (nSPS) is 12.5. The van der Waals surface area contributed by atoms with E-state index in [1.54, 1.807) is 41.8 Å². The van der Waals surface area contributed by atoms with Crippen molar-refractivity contribution in [2.24, 2.45) is 0 Å². The van der Waals surface area contributed by atoms with E-state index >= 15 is 0 Å². The number of aromatic nitrogens is 2. The highest BCUT2D eigenvalue weighted by Gasteiger charge is 2.23. The molecule has 0 aliphatic carbocycles. The fourth-order valence-electron chi connectivity index (χ4n) is 1.70. The molecule has 0 aliphatic rings. The number of rotatable bonds is 5. The van der Waals surface area contributed by atoms with Gasteiger partial charge in [0.2, 0.25) is 5.88 Å². The fourth-order valence-corrected chi connectivity index (χ4v) is 2.44. The first-order valence-electron chi connectivity index (χ1n) is 6.20. The molecule has 0 bridgehead atoms. The molecule has 0 spiro atoms. The largest absolute Gasteiger partial charge is 0.436 e. The van der Waals surface area contributed by atoms with E-state index in [2.05, 4.69) is 14.7 Å². The van der Waals surface area contributed by atoms with E-state index in [9.17, 15) is 13.2 Å². The molecule has 0 fully saturated rings.